The van der Waals surface area contributed by atoms with Gasteiger partial charge in [-0.15, -0.1) is 0 Å². The van der Waals surface area contributed by atoms with Crippen LogP contribution in [0.3, 0.4) is 0 Å². The van der Waals surface area contributed by atoms with E-state index in [1.807, 2.05) is 12.1 Å². The quantitative estimate of drug-likeness (QED) is 0.848. The first-order chi connectivity index (χ1) is 13.0. The number of carbonyl (C=O) groups excluding carboxylic acids is 1. The number of hydrogen-bond donors (Lipinski definition) is 2. The van der Waals surface area contributed by atoms with Gasteiger partial charge in [0.2, 0.25) is 0 Å². The maximum Gasteiger partial charge on any atom is 0.279 e. The summed E-state index contributed by atoms with van der Waals surface area (Å²) in [7, 11) is 1.69. The summed E-state index contributed by atoms with van der Waals surface area (Å²) >= 11 is 0. The van der Waals surface area contributed by atoms with Crippen molar-refractivity contribution >= 4 is 17.3 Å². The Kier molecular flexibility index (Phi) is 6.01. The van der Waals surface area contributed by atoms with Gasteiger partial charge in [-0.1, -0.05) is 23.8 Å². The first-order valence-corrected chi connectivity index (χ1v) is 9.56. The number of ether oxygens (including phenoxy) is 1. The zero-order valence-electron chi connectivity index (χ0n) is 16.8. The van der Waals surface area contributed by atoms with Crippen molar-refractivity contribution in [1.82, 2.24) is 0 Å². The van der Waals surface area contributed by atoms with E-state index < -0.39 is 0 Å². The highest BCUT2D eigenvalue weighted by Gasteiger charge is 2.23. The molecule has 1 saturated heterocycles. The third-order valence-electron chi connectivity index (χ3n) is 5.24. The van der Waals surface area contributed by atoms with Crippen LogP contribution in [-0.2, 0) is 4.79 Å². The molecule has 0 saturated carbocycles. The highest BCUT2D eigenvalue weighted by atomic mass is 16.5. The molecular formula is C22H30N3O2+. The van der Waals surface area contributed by atoms with Crippen LogP contribution in [0.25, 0.3) is 0 Å². The molecule has 0 aliphatic carbocycles. The topological polar surface area (TPSA) is 46.0 Å². The van der Waals surface area contributed by atoms with Crippen molar-refractivity contribution in [2.75, 3.05) is 50.1 Å². The molecule has 3 rings (SSSR count). The molecule has 144 valence electrons. The van der Waals surface area contributed by atoms with Crippen LogP contribution < -0.4 is 19.9 Å². The van der Waals surface area contributed by atoms with Crippen LogP contribution in [0.4, 0.5) is 11.4 Å². The van der Waals surface area contributed by atoms with E-state index in [1.165, 1.54) is 16.2 Å². The summed E-state index contributed by atoms with van der Waals surface area (Å²) in [5.74, 6) is 0.973. The molecule has 1 amide bonds. The van der Waals surface area contributed by atoms with Crippen LogP contribution in [-0.4, -0.2) is 45.7 Å². The van der Waals surface area contributed by atoms with Gasteiger partial charge >= 0.3 is 0 Å². The molecule has 0 spiro atoms. The molecule has 0 unspecified atom stereocenters. The Morgan fingerprint density at radius 3 is 2.41 bits per heavy atom. The van der Waals surface area contributed by atoms with Crippen LogP contribution >= 0.6 is 0 Å². The number of nitrogens with one attached hydrogen (secondary N) is 2. The highest BCUT2D eigenvalue weighted by molar-refractivity contribution is 5.93. The van der Waals surface area contributed by atoms with Crippen LogP contribution in [0.2, 0.25) is 0 Å². The van der Waals surface area contributed by atoms with Crippen LogP contribution in [0.1, 0.15) is 16.7 Å². The van der Waals surface area contributed by atoms with Gasteiger partial charge in [-0.25, -0.2) is 0 Å². The van der Waals surface area contributed by atoms with E-state index >= 15 is 0 Å². The normalized spacial score (nSPS) is 14.9. The van der Waals surface area contributed by atoms with Gasteiger partial charge in [0.15, 0.2) is 6.54 Å². The minimum absolute atomic E-state index is 0.0925. The minimum atomic E-state index is 0.0925. The summed E-state index contributed by atoms with van der Waals surface area (Å²) in [6.45, 7) is 10.5. The lowest BCUT2D eigenvalue weighted by Crippen LogP contribution is -3.15. The molecule has 5 nitrogen and oxygen atoms in total. The molecule has 0 bridgehead atoms. The van der Waals surface area contributed by atoms with Crippen molar-refractivity contribution in [3.63, 3.8) is 0 Å². The number of benzene rings is 2. The Bertz CT molecular complexity index is 788. The number of piperazine rings is 1. The molecule has 2 N–H and O–H groups in total. The average Bonchev–Trinajstić information content (AvgIpc) is 2.65. The third-order valence-corrected chi connectivity index (χ3v) is 5.24. The molecule has 2 aromatic carbocycles. The zero-order valence-corrected chi connectivity index (χ0v) is 16.8. The lowest BCUT2D eigenvalue weighted by Gasteiger charge is -2.33. The minimum Gasteiger partial charge on any atom is -0.497 e. The molecule has 1 heterocycles. The Balaban J connectivity index is 1.54. The fraction of sp³-hybridized carbons (Fsp3) is 0.409. The van der Waals surface area contributed by atoms with Crippen molar-refractivity contribution in [3.05, 3.63) is 53.1 Å². The molecule has 1 aliphatic rings. The second-order valence-corrected chi connectivity index (χ2v) is 7.44. The summed E-state index contributed by atoms with van der Waals surface area (Å²) < 4.78 is 5.32. The number of nitrogens with zero attached hydrogens (tertiary/aromatic N) is 1. The molecule has 0 aromatic heterocycles. The summed E-state index contributed by atoms with van der Waals surface area (Å²) in [5, 5.41) is 3.12. The number of aryl methyl sites for hydroxylation is 3. The van der Waals surface area contributed by atoms with Gasteiger partial charge in [0.1, 0.15) is 5.75 Å². The summed E-state index contributed by atoms with van der Waals surface area (Å²) in [6, 6.07) is 12.4. The van der Waals surface area contributed by atoms with Gasteiger partial charge in [0, 0.05) is 17.4 Å². The largest absolute Gasteiger partial charge is 0.497 e. The second kappa shape index (κ2) is 8.44. The Labute approximate surface area is 161 Å². The van der Waals surface area contributed by atoms with E-state index in [2.05, 4.69) is 55.3 Å². The molecule has 27 heavy (non-hydrogen) atoms. The Morgan fingerprint density at radius 1 is 1.11 bits per heavy atom. The zero-order chi connectivity index (χ0) is 19.4. The van der Waals surface area contributed by atoms with E-state index in [-0.39, 0.29) is 5.91 Å². The fourth-order valence-electron chi connectivity index (χ4n) is 3.85. The lowest BCUT2D eigenvalue weighted by molar-refractivity contribution is -0.892. The molecule has 0 radical (unpaired) electrons. The van der Waals surface area contributed by atoms with E-state index in [0.717, 1.165) is 48.7 Å². The van der Waals surface area contributed by atoms with Crippen molar-refractivity contribution in [3.8, 4) is 5.75 Å². The van der Waals surface area contributed by atoms with Crippen molar-refractivity contribution in [2.24, 2.45) is 0 Å². The summed E-state index contributed by atoms with van der Waals surface area (Å²) in [6.07, 6.45) is 0. The van der Waals surface area contributed by atoms with Crippen LogP contribution in [0.5, 0.6) is 5.75 Å². The summed E-state index contributed by atoms with van der Waals surface area (Å²) in [5.41, 5.74) is 5.61. The first kappa shape index (κ1) is 19.2. The van der Waals surface area contributed by atoms with Gasteiger partial charge in [-0.05, 0) is 44.0 Å². The fourth-order valence-corrected chi connectivity index (χ4v) is 3.85. The summed E-state index contributed by atoms with van der Waals surface area (Å²) in [4.78, 5) is 16.2. The maximum absolute atomic E-state index is 12.5. The second-order valence-electron chi connectivity index (χ2n) is 7.44. The van der Waals surface area contributed by atoms with Crippen molar-refractivity contribution in [2.45, 2.75) is 20.8 Å². The number of methoxy groups -OCH3 is 1. The van der Waals surface area contributed by atoms with Crippen LogP contribution in [0, 0.1) is 20.8 Å². The predicted octanol–water partition coefficient (Wildman–Crippen LogP) is 1.96. The van der Waals surface area contributed by atoms with Gasteiger partial charge < -0.3 is 19.9 Å². The standard InChI is InChI=1S/C22H29N3O2/c1-16-12-17(2)22(18(3)13-16)23-21(26)15-24-8-10-25(11-9-24)19-6-5-7-20(14-19)27-4/h5-7,12-14H,8-11,15H2,1-4H3,(H,23,26)/p+1. The van der Waals surface area contributed by atoms with E-state index in [1.54, 1.807) is 7.11 Å². The Hall–Kier alpha value is -2.53. The number of anilines is 2. The SMILES string of the molecule is COc1cccc(N2CC[NH+](CC(=O)Nc3c(C)cc(C)cc3C)CC2)c1. The lowest BCUT2D eigenvalue weighted by atomic mass is 10.1. The van der Waals surface area contributed by atoms with Crippen molar-refractivity contribution < 1.29 is 14.4 Å². The number of amides is 1. The van der Waals surface area contributed by atoms with Crippen LogP contribution in [0.15, 0.2) is 36.4 Å². The number of hydrogen-bond acceptors (Lipinski definition) is 3. The third kappa shape index (κ3) is 4.80. The molecule has 1 fully saturated rings. The number of rotatable bonds is 5. The maximum atomic E-state index is 12.5. The highest BCUT2D eigenvalue weighted by Crippen LogP contribution is 2.22. The number of carbonyl (C=O) groups is 1. The van der Waals surface area contributed by atoms with Gasteiger partial charge in [0.25, 0.3) is 5.91 Å². The smallest absolute Gasteiger partial charge is 0.279 e. The first-order valence-electron chi connectivity index (χ1n) is 9.56. The number of quaternary nitrogens is 1. The van der Waals surface area contributed by atoms with Gasteiger partial charge in [-0.3, -0.25) is 4.79 Å². The molecule has 2 aromatic rings. The van der Waals surface area contributed by atoms with E-state index in [0.29, 0.717) is 6.54 Å². The van der Waals surface area contributed by atoms with E-state index in [4.69, 9.17) is 4.74 Å². The predicted molar refractivity (Wildman–Crippen MR) is 110 cm³/mol. The van der Waals surface area contributed by atoms with Crippen molar-refractivity contribution in [1.29, 1.82) is 0 Å². The van der Waals surface area contributed by atoms with E-state index in [9.17, 15) is 4.79 Å². The molecule has 1 aliphatic heterocycles. The molecule has 5 heteroatoms. The monoisotopic (exact) mass is 368 g/mol. The van der Waals surface area contributed by atoms with Gasteiger partial charge in [0.05, 0.1) is 33.3 Å². The van der Waals surface area contributed by atoms with Gasteiger partial charge in [-0.2, -0.15) is 0 Å². The molecular weight excluding hydrogens is 338 g/mol. The molecule has 0 atom stereocenters. The average molecular weight is 369 g/mol. The Morgan fingerprint density at radius 2 is 1.78 bits per heavy atom.